The van der Waals surface area contributed by atoms with E-state index < -0.39 is 29.5 Å². The van der Waals surface area contributed by atoms with Gasteiger partial charge in [0.2, 0.25) is 5.78 Å². The maximum Gasteiger partial charge on any atom is 0.337 e. The Labute approximate surface area is 226 Å². The van der Waals surface area contributed by atoms with Gasteiger partial charge in [-0.1, -0.05) is 36.1 Å². The summed E-state index contributed by atoms with van der Waals surface area (Å²) in [6.07, 6.45) is 1.44. The number of ketones is 1. The summed E-state index contributed by atoms with van der Waals surface area (Å²) in [5, 5.41) is 18.3. The van der Waals surface area contributed by atoms with E-state index >= 15 is 0 Å². The number of morpholine rings is 1. The van der Waals surface area contributed by atoms with Gasteiger partial charge in [-0.15, -0.1) is 0 Å². The minimum Gasteiger partial charge on any atom is -0.872 e. The molecular formula is C29H30N4O6. The number of carbonyl (C=O) groups excluding carboxylic acids is 3. The molecule has 0 spiro atoms. The number of para-hydroxylation sites is 1. The van der Waals surface area contributed by atoms with Crippen LogP contribution in [0.2, 0.25) is 0 Å². The van der Waals surface area contributed by atoms with Crippen molar-refractivity contribution < 1.29 is 33.9 Å². The third kappa shape index (κ3) is 5.08. The molecule has 0 bridgehead atoms. The van der Waals surface area contributed by atoms with Crippen LogP contribution >= 0.6 is 0 Å². The maximum absolute atomic E-state index is 13.9. The van der Waals surface area contributed by atoms with Crippen LogP contribution in [0, 0.1) is 6.92 Å². The fourth-order valence-electron chi connectivity index (χ4n) is 5.16. The third-order valence-corrected chi connectivity index (χ3v) is 7.34. The lowest BCUT2D eigenvalue weighted by atomic mass is 9.94. The lowest BCUT2D eigenvalue weighted by Crippen LogP contribution is -3.14. The molecule has 10 heteroatoms. The summed E-state index contributed by atoms with van der Waals surface area (Å²) in [5.74, 6) is -2.56. The number of rotatable bonds is 7. The second kappa shape index (κ2) is 11.2. The van der Waals surface area contributed by atoms with E-state index in [2.05, 4.69) is 5.10 Å². The Hall–Kier alpha value is -4.28. The Bertz CT molecular complexity index is 1410. The van der Waals surface area contributed by atoms with E-state index in [0.717, 1.165) is 18.8 Å². The number of hydrogen-bond acceptors (Lipinski definition) is 7. The predicted octanol–water partition coefficient (Wildman–Crippen LogP) is 0.106. The van der Waals surface area contributed by atoms with Crippen molar-refractivity contribution >= 4 is 23.4 Å². The third-order valence-electron chi connectivity index (χ3n) is 7.34. The zero-order chi connectivity index (χ0) is 27.5. The quantitative estimate of drug-likeness (QED) is 0.199. The molecule has 3 aromatic rings. The molecule has 202 valence electrons. The molecule has 2 aliphatic rings. The number of nitrogens with one attached hydrogen (secondary N) is 1. The van der Waals surface area contributed by atoms with Crippen LogP contribution in [0.4, 0.5) is 0 Å². The highest BCUT2D eigenvalue weighted by Gasteiger charge is 2.44. The predicted molar refractivity (Wildman–Crippen MR) is 139 cm³/mol. The molecule has 2 aliphatic heterocycles. The molecule has 0 saturated carbocycles. The van der Waals surface area contributed by atoms with E-state index in [0.29, 0.717) is 43.1 Å². The maximum atomic E-state index is 13.9. The van der Waals surface area contributed by atoms with E-state index in [1.54, 1.807) is 35.9 Å². The molecule has 2 fully saturated rings. The summed E-state index contributed by atoms with van der Waals surface area (Å²) >= 11 is 0. The second-order valence-corrected chi connectivity index (χ2v) is 9.59. The highest BCUT2D eigenvalue weighted by Crippen LogP contribution is 2.39. The van der Waals surface area contributed by atoms with Crippen LogP contribution in [-0.4, -0.2) is 78.8 Å². The first kappa shape index (κ1) is 26.3. The Morgan fingerprint density at radius 3 is 2.46 bits per heavy atom. The molecule has 2 aromatic carbocycles. The van der Waals surface area contributed by atoms with Crippen molar-refractivity contribution in [2.24, 2.45) is 0 Å². The molecule has 10 nitrogen and oxygen atoms in total. The van der Waals surface area contributed by atoms with Crippen molar-refractivity contribution in [3.8, 4) is 5.69 Å². The number of hydrogen-bond donors (Lipinski definition) is 1. The molecule has 1 unspecified atom stereocenters. The molecule has 1 N–H and O–H groups in total. The Morgan fingerprint density at radius 1 is 1.10 bits per heavy atom. The number of amides is 1. The van der Waals surface area contributed by atoms with Gasteiger partial charge in [-0.25, -0.2) is 9.48 Å². The summed E-state index contributed by atoms with van der Waals surface area (Å²) in [7, 11) is 1.29. The van der Waals surface area contributed by atoms with Crippen molar-refractivity contribution in [3.63, 3.8) is 0 Å². The Kier molecular flexibility index (Phi) is 7.58. The number of ether oxygens (including phenoxy) is 2. The summed E-state index contributed by atoms with van der Waals surface area (Å²) < 4.78 is 11.9. The van der Waals surface area contributed by atoms with Crippen LogP contribution in [0.15, 0.2) is 66.4 Å². The number of benzene rings is 2. The van der Waals surface area contributed by atoms with Gasteiger partial charge in [0.1, 0.15) is 13.1 Å². The molecule has 0 radical (unpaired) electrons. The molecule has 1 amide bonds. The smallest absolute Gasteiger partial charge is 0.337 e. The van der Waals surface area contributed by atoms with E-state index in [9.17, 15) is 19.5 Å². The lowest BCUT2D eigenvalue weighted by molar-refractivity contribution is -0.907. The number of aromatic nitrogens is 2. The molecule has 1 atom stereocenters. The fourth-order valence-corrected chi connectivity index (χ4v) is 5.16. The van der Waals surface area contributed by atoms with Gasteiger partial charge in [0.15, 0.2) is 0 Å². The number of quaternary nitrogens is 1. The zero-order valence-electron chi connectivity index (χ0n) is 21.9. The van der Waals surface area contributed by atoms with Crippen LogP contribution < -0.4 is 10.0 Å². The van der Waals surface area contributed by atoms with E-state index in [1.165, 1.54) is 23.1 Å². The Morgan fingerprint density at radius 2 is 1.79 bits per heavy atom. The molecule has 3 heterocycles. The minimum absolute atomic E-state index is 0.112. The number of Topliss-reactive ketones (excluding diaryl/α,β-unsaturated/α-hetero) is 1. The number of likely N-dealkylation sites (tertiary alicyclic amines) is 1. The van der Waals surface area contributed by atoms with Gasteiger partial charge in [0.05, 0.1) is 56.9 Å². The minimum atomic E-state index is -0.885. The average Bonchev–Trinajstić information content (AvgIpc) is 3.48. The van der Waals surface area contributed by atoms with Gasteiger partial charge >= 0.3 is 5.97 Å². The standard InChI is InChI=1S/C29H30N4O6/c1-19-23(18-30-33(19)22-6-4-3-5-7-22)26(34)24-25(20-8-10-21(11-9-20)29(37)38-2)32(28(36)27(24)35)13-12-31-14-16-39-17-15-31/h3-11,18,25,34H,12-17H2,1-2H3/b26-24+. The molecule has 2 saturated heterocycles. The van der Waals surface area contributed by atoms with Gasteiger partial charge in [0.25, 0.3) is 5.91 Å². The van der Waals surface area contributed by atoms with E-state index in [1.807, 2.05) is 30.3 Å². The summed E-state index contributed by atoms with van der Waals surface area (Å²) in [6, 6.07) is 14.9. The number of methoxy groups -OCH3 is 1. The zero-order valence-corrected chi connectivity index (χ0v) is 21.9. The monoisotopic (exact) mass is 530 g/mol. The highest BCUT2D eigenvalue weighted by atomic mass is 16.5. The first-order valence-electron chi connectivity index (χ1n) is 12.9. The van der Waals surface area contributed by atoms with Crippen LogP contribution in [0.5, 0.6) is 0 Å². The van der Waals surface area contributed by atoms with Gasteiger partial charge in [-0.3, -0.25) is 9.59 Å². The van der Waals surface area contributed by atoms with Gasteiger partial charge in [-0.2, -0.15) is 5.10 Å². The lowest BCUT2D eigenvalue weighted by Gasteiger charge is -2.30. The van der Waals surface area contributed by atoms with Crippen molar-refractivity contribution in [2.45, 2.75) is 13.0 Å². The number of carbonyl (C=O) groups is 3. The van der Waals surface area contributed by atoms with E-state index in [4.69, 9.17) is 9.47 Å². The van der Waals surface area contributed by atoms with Crippen molar-refractivity contribution in [1.29, 1.82) is 0 Å². The molecule has 1 aromatic heterocycles. The molecule has 5 rings (SSSR count). The van der Waals surface area contributed by atoms with Crippen LogP contribution in [-0.2, 0) is 19.1 Å². The fraction of sp³-hybridized carbons (Fsp3) is 0.310. The summed E-state index contributed by atoms with van der Waals surface area (Å²) in [5.41, 5.74) is 2.38. The Balaban J connectivity index is 1.56. The molecule has 0 aliphatic carbocycles. The average molecular weight is 531 g/mol. The number of nitrogens with zero attached hydrogens (tertiary/aromatic N) is 3. The topological polar surface area (TPSA) is 118 Å². The number of esters is 1. The van der Waals surface area contributed by atoms with Crippen LogP contribution in [0.1, 0.15) is 33.2 Å². The van der Waals surface area contributed by atoms with Crippen molar-refractivity contribution in [3.05, 3.63) is 88.8 Å². The van der Waals surface area contributed by atoms with Crippen molar-refractivity contribution in [1.82, 2.24) is 14.7 Å². The van der Waals surface area contributed by atoms with E-state index in [-0.39, 0.29) is 11.1 Å². The SMILES string of the molecule is COC(=O)c1ccc(C2/C(=C(\[O-])c3cnn(-c4ccccc4)c3C)C(=O)C(=O)N2CC[NH+]2CCOCC2)cc1. The first-order valence-corrected chi connectivity index (χ1v) is 12.9. The normalized spacial score (nSPS) is 19.4. The second-order valence-electron chi connectivity index (χ2n) is 9.59. The highest BCUT2D eigenvalue weighted by molar-refractivity contribution is 6.46. The summed E-state index contributed by atoms with van der Waals surface area (Å²) in [4.78, 5) is 41.4. The molecule has 39 heavy (non-hydrogen) atoms. The van der Waals surface area contributed by atoms with Crippen LogP contribution in [0.25, 0.3) is 11.4 Å². The first-order chi connectivity index (χ1) is 18.9. The van der Waals surface area contributed by atoms with Crippen molar-refractivity contribution in [2.75, 3.05) is 46.5 Å². The molecular weight excluding hydrogens is 500 g/mol. The van der Waals surface area contributed by atoms with Gasteiger partial charge in [-0.05, 0) is 36.8 Å². The van der Waals surface area contributed by atoms with Gasteiger partial charge in [0, 0.05) is 16.8 Å². The summed E-state index contributed by atoms with van der Waals surface area (Å²) in [6.45, 7) is 5.56. The van der Waals surface area contributed by atoms with Gasteiger partial charge < -0.3 is 24.4 Å². The van der Waals surface area contributed by atoms with Crippen LogP contribution in [0.3, 0.4) is 0 Å². The largest absolute Gasteiger partial charge is 0.872 e.